The molecule has 1 atom stereocenters. The Bertz CT molecular complexity index is 388. The monoisotopic (exact) mass is 500 g/mol. The number of hydrogen-bond donors (Lipinski definition) is 0. The first-order valence-corrected chi connectivity index (χ1v) is 17.6. The van der Waals surface area contributed by atoms with Gasteiger partial charge in [0.1, 0.15) is 5.22 Å². The summed E-state index contributed by atoms with van der Waals surface area (Å²) in [5, 5.41) is -0.119. The lowest BCUT2D eigenvalue weighted by molar-refractivity contribution is -0.0426. The van der Waals surface area contributed by atoms with E-state index in [4.69, 9.17) is 13.6 Å². The van der Waals surface area contributed by atoms with Gasteiger partial charge in [-0.1, -0.05) is 130 Å². The van der Waals surface area contributed by atoms with Crippen molar-refractivity contribution in [1.29, 1.82) is 0 Å². The summed E-state index contributed by atoms with van der Waals surface area (Å²) in [6.45, 7) is 15.2. The molecule has 0 aromatic carbocycles. The summed E-state index contributed by atoms with van der Waals surface area (Å²) in [4.78, 5) is 0. The van der Waals surface area contributed by atoms with Gasteiger partial charge in [-0.2, -0.15) is 0 Å². The first-order chi connectivity index (χ1) is 16.6. The number of hydrogen-bond acceptors (Lipinski definition) is 3. The second-order valence-corrected chi connectivity index (χ2v) is 13.7. The van der Waals surface area contributed by atoms with Crippen LogP contribution in [0.15, 0.2) is 0 Å². The molecule has 0 radical (unpaired) electrons. The summed E-state index contributed by atoms with van der Waals surface area (Å²) >= 11 is 0. The van der Waals surface area contributed by atoms with Crippen LogP contribution in [0.4, 0.5) is 0 Å². The van der Waals surface area contributed by atoms with E-state index in [1.165, 1.54) is 109 Å². The van der Waals surface area contributed by atoms with E-state index in [9.17, 15) is 0 Å². The minimum Gasteiger partial charge on any atom is -0.393 e. The van der Waals surface area contributed by atoms with E-state index in [1.54, 1.807) is 0 Å². The van der Waals surface area contributed by atoms with Gasteiger partial charge in [0.25, 0.3) is 0 Å². The van der Waals surface area contributed by atoms with Crippen LogP contribution in [0.1, 0.15) is 164 Å². The van der Waals surface area contributed by atoms with Gasteiger partial charge in [-0.3, -0.25) is 0 Å². The van der Waals surface area contributed by atoms with Crippen molar-refractivity contribution in [3.05, 3.63) is 0 Å². The number of unbranched alkanes of at least 4 members (excludes halogenated alkanes) is 14. The highest BCUT2D eigenvalue weighted by Gasteiger charge is 2.58. The normalized spacial score (nSPS) is 19.6. The Morgan fingerprint density at radius 1 is 0.529 bits per heavy atom. The third kappa shape index (κ3) is 14.0. The van der Waals surface area contributed by atoms with E-state index in [0.717, 1.165) is 38.7 Å². The number of ether oxygens (including phenoxy) is 1. The fraction of sp³-hybridized carbons (Fsp3) is 1.00. The molecule has 0 aromatic heterocycles. The van der Waals surface area contributed by atoms with Gasteiger partial charge in [0.15, 0.2) is 0 Å². The summed E-state index contributed by atoms with van der Waals surface area (Å²) in [6.07, 6.45) is 26.5. The molecular weight excluding hydrogens is 436 g/mol. The molecule has 1 heterocycles. The van der Waals surface area contributed by atoms with Crippen LogP contribution in [0, 0.1) is 0 Å². The second-order valence-electron chi connectivity index (χ2n) is 10.2. The van der Waals surface area contributed by atoms with E-state index < -0.39 is 8.56 Å². The summed E-state index contributed by atoms with van der Waals surface area (Å²) in [6, 6.07) is 1.09. The van der Waals surface area contributed by atoms with Gasteiger partial charge in [-0.05, 0) is 39.7 Å². The zero-order valence-electron chi connectivity index (χ0n) is 24.5. The van der Waals surface area contributed by atoms with Crippen LogP contribution in [0.2, 0.25) is 6.04 Å². The summed E-state index contributed by atoms with van der Waals surface area (Å²) in [5.74, 6) is 0. The Balaban J connectivity index is 0.000000641. The lowest BCUT2D eigenvalue weighted by Gasteiger charge is -2.49. The molecule has 0 aliphatic carbocycles. The SMILES string of the molecule is CCCCCCCCCCCCCCCCC.CCOC1(CC)CCCC[Si]1(OCC)OCC. The third-order valence-corrected chi connectivity index (χ3v) is 12.1. The largest absolute Gasteiger partial charge is 0.393 e. The summed E-state index contributed by atoms with van der Waals surface area (Å²) < 4.78 is 18.5. The Kier molecular flexibility index (Phi) is 23.6. The van der Waals surface area contributed by atoms with Gasteiger partial charge in [-0.25, -0.2) is 0 Å². The number of rotatable bonds is 21. The Labute approximate surface area is 216 Å². The van der Waals surface area contributed by atoms with Crippen LogP contribution in [-0.4, -0.2) is 33.6 Å². The zero-order chi connectivity index (χ0) is 25.4. The first-order valence-electron chi connectivity index (χ1n) is 15.5. The van der Waals surface area contributed by atoms with Gasteiger partial charge in [-0.15, -0.1) is 0 Å². The molecule has 206 valence electrons. The molecule has 3 nitrogen and oxygen atoms in total. The zero-order valence-corrected chi connectivity index (χ0v) is 25.5. The van der Waals surface area contributed by atoms with Crippen LogP contribution >= 0.6 is 0 Å². The van der Waals surface area contributed by atoms with E-state index in [0.29, 0.717) is 0 Å². The standard InChI is InChI=1S/C17H36.C13H28O3Si/c1-3-5-7-9-11-13-15-17-16-14-12-10-8-6-4-2;1-5-13(14-6-2)11-9-10-12-17(13,15-7-3)16-8-4/h3-17H2,1-2H3;5-12H2,1-4H3. The molecule has 0 N–H and O–H groups in total. The van der Waals surface area contributed by atoms with Crippen molar-refractivity contribution in [2.45, 2.75) is 175 Å². The van der Waals surface area contributed by atoms with Crippen LogP contribution in [-0.2, 0) is 13.6 Å². The molecule has 0 spiro atoms. The van der Waals surface area contributed by atoms with Crippen molar-refractivity contribution in [1.82, 2.24) is 0 Å². The Hall–Kier alpha value is 0.0969. The first kappa shape index (κ1) is 34.1. The van der Waals surface area contributed by atoms with E-state index in [2.05, 4.69) is 41.5 Å². The molecule has 1 fully saturated rings. The van der Waals surface area contributed by atoms with E-state index in [1.807, 2.05) is 0 Å². The molecule has 1 aliphatic heterocycles. The average Bonchev–Trinajstić information content (AvgIpc) is 2.84. The van der Waals surface area contributed by atoms with Crippen molar-refractivity contribution in [2.24, 2.45) is 0 Å². The van der Waals surface area contributed by atoms with Crippen molar-refractivity contribution < 1.29 is 13.6 Å². The highest BCUT2D eigenvalue weighted by Crippen LogP contribution is 2.43. The van der Waals surface area contributed by atoms with E-state index >= 15 is 0 Å². The van der Waals surface area contributed by atoms with Crippen LogP contribution < -0.4 is 0 Å². The van der Waals surface area contributed by atoms with Gasteiger partial charge in [0.2, 0.25) is 0 Å². The Morgan fingerprint density at radius 2 is 0.941 bits per heavy atom. The molecule has 1 aliphatic rings. The van der Waals surface area contributed by atoms with Crippen LogP contribution in [0.3, 0.4) is 0 Å². The van der Waals surface area contributed by atoms with Gasteiger partial charge < -0.3 is 13.6 Å². The molecule has 4 heteroatoms. The smallest absolute Gasteiger partial charge is 0.371 e. The molecular formula is C30H64O3Si. The average molecular weight is 501 g/mol. The van der Waals surface area contributed by atoms with Crippen molar-refractivity contribution in [3.8, 4) is 0 Å². The van der Waals surface area contributed by atoms with Gasteiger partial charge in [0.05, 0.1) is 0 Å². The summed E-state index contributed by atoms with van der Waals surface area (Å²) in [5.41, 5.74) is 0. The van der Waals surface area contributed by atoms with Crippen molar-refractivity contribution >= 4 is 8.56 Å². The second kappa shape index (κ2) is 23.5. The molecule has 0 amide bonds. The van der Waals surface area contributed by atoms with Gasteiger partial charge >= 0.3 is 8.56 Å². The molecule has 0 aromatic rings. The minimum absolute atomic E-state index is 0.119. The van der Waals surface area contributed by atoms with Gasteiger partial charge in [0, 0.05) is 19.8 Å². The van der Waals surface area contributed by atoms with E-state index in [-0.39, 0.29) is 5.22 Å². The quantitative estimate of drug-likeness (QED) is 0.116. The Morgan fingerprint density at radius 3 is 1.26 bits per heavy atom. The topological polar surface area (TPSA) is 27.7 Å². The molecule has 0 saturated carbocycles. The predicted octanol–water partition coefficient (Wildman–Crippen LogP) is 10.3. The maximum Gasteiger partial charge on any atom is 0.371 e. The molecule has 1 unspecified atom stereocenters. The minimum atomic E-state index is -2.21. The lowest BCUT2D eigenvalue weighted by Crippen LogP contribution is -2.65. The summed E-state index contributed by atoms with van der Waals surface area (Å²) in [7, 11) is -2.21. The fourth-order valence-electron chi connectivity index (χ4n) is 5.55. The lowest BCUT2D eigenvalue weighted by atomic mass is 10.0. The van der Waals surface area contributed by atoms with Crippen LogP contribution in [0.25, 0.3) is 0 Å². The molecule has 1 saturated heterocycles. The predicted molar refractivity (Wildman–Crippen MR) is 153 cm³/mol. The maximum absolute atomic E-state index is 6.16. The molecule has 1 rings (SSSR count). The maximum atomic E-state index is 6.16. The fourth-order valence-corrected chi connectivity index (χ4v) is 10.0. The highest BCUT2D eigenvalue weighted by atomic mass is 28.4. The van der Waals surface area contributed by atoms with Crippen LogP contribution in [0.5, 0.6) is 0 Å². The van der Waals surface area contributed by atoms with Crippen molar-refractivity contribution in [3.63, 3.8) is 0 Å². The molecule has 34 heavy (non-hydrogen) atoms. The highest BCUT2D eigenvalue weighted by molar-refractivity contribution is 6.70. The third-order valence-electron chi connectivity index (χ3n) is 7.48. The van der Waals surface area contributed by atoms with Crippen molar-refractivity contribution in [2.75, 3.05) is 19.8 Å². The molecule has 0 bridgehead atoms.